The normalized spacial score (nSPS) is 15.7. The van der Waals surface area contributed by atoms with Gasteiger partial charge in [0.15, 0.2) is 23.0 Å². The second-order valence-electron chi connectivity index (χ2n) is 10.2. The van der Waals surface area contributed by atoms with E-state index in [1.165, 1.54) is 0 Å². The molecule has 0 aromatic heterocycles. The standard InChI is InChI=1S/2C16H17NO3.C2H2O4/c2*18-13-7-5-12(6-8-13)9-17-10-14-11-19-15-3-1-2-4-16(15)20-14;3-1(4)2(5)6/h2*1-8,14,17-18H,9-11H2;(H,3,4)(H,5,6). The summed E-state index contributed by atoms with van der Waals surface area (Å²) in [4.78, 5) is 18.2. The molecule has 0 saturated carbocycles. The van der Waals surface area contributed by atoms with Crippen molar-refractivity contribution in [1.29, 1.82) is 0 Å². The molecule has 0 aliphatic carbocycles. The molecule has 2 atom stereocenters. The molecule has 46 heavy (non-hydrogen) atoms. The fourth-order valence-electron chi connectivity index (χ4n) is 4.31. The third-order valence-corrected chi connectivity index (χ3v) is 6.59. The second kappa shape index (κ2) is 17.1. The van der Waals surface area contributed by atoms with Crippen molar-refractivity contribution in [3.8, 4) is 34.5 Å². The van der Waals surface area contributed by atoms with Gasteiger partial charge in [0.1, 0.15) is 36.9 Å². The number of aromatic hydroxyl groups is 2. The van der Waals surface area contributed by atoms with Crippen LogP contribution in [0.4, 0.5) is 0 Å². The average molecular weight is 633 g/mol. The lowest BCUT2D eigenvalue weighted by Crippen LogP contribution is -2.38. The SMILES string of the molecule is O=C(O)C(=O)O.Oc1ccc(CNCC2COc3ccccc3O2)cc1.Oc1ccc(CNCC2COc3ccccc3O2)cc1. The number of carbonyl (C=O) groups is 2. The number of ether oxygens (including phenoxy) is 4. The van der Waals surface area contributed by atoms with E-state index >= 15 is 0 Å². The lowest BCUT2D eigenvalue weighted by Gasteiger charge is -2.26. The summed E-state index contributed by atoms with van der Waals surface area (Å²) >= 11 is 0. The van der Waals surface area contributed by atoms with Gasteiger partial charge >= 0.3 is 11.9 Å². The number of rotatable bonds is 8. The quantitative estimate of drug-likeness (QED) is 0.155. The molecule has 4 aromatic rings. The minimum absolute atomic E-state index is 0.0158. The van der Waals surface area contributed by atoms with E-state index in [1.807, 2.05) is 72.8 Å². The van der Waals surface area contributed by atoms with Gasteiger partial charge in [-0.3, -0.25) is 0 Å². The molecular weight excluding hydrogens is 596 g/mol. The first-order valence-electron chi connectivity index (χ1n) is 14.5. The Kier molecular flexibility index (Phi) is 12.5. The third kappa shape index (κ3) is 10.9. The van der Waals surface area contributed by atoms with Crippen LogP contribution >= 0.6 is 0 Å². The molecule has 0 radical (unpaired) electrons. The van der Waals surface area contributed by atoms with E-state index in [1.54, 1.807) is 24.3 Å². The molecule has 2 heterocycles. The largest absolute Gasteiger partial charge is 0.508 e. The molecular formula is C34H36N2O10. The highest BCUT2D eigenvalue weighted by Crippen LogP contribution is 2.31. The minimum Gasteiger partial charge on any atom is -0.508 e. The van der Waals surface area contributed by atoms with Crippen LogP contribution < -0.4 is 29.6 Å². The Morgan fingerprint density at radius 1 is 0.565 bits per heavy atom. The van der Waals surface area contributed by atoms with E-state index in [0.717, 1.165) is 60.3 Å². The van der Waals surface area contributed by atoms with Crippen molar-refractivity contribution < 1.29 is 49.0 Å². The van der Waals surface area contributed by atoms with Gasteiger partial charge in [0.05, 0.1) is 0 Å². The Labute approximate surface area is 265 Å². The summed E-state index contributed by atoms with van der Waals surface area (Å²) in [6, 6.07) is 29.8. The second-order valence-corrected chi connectivity index (χ2v) is 10.2. The van der Waals surface area contributed by atoms with Gasteiger partial charge in [-0.05, 0) is 59.7 Å². The molecule has 2 aliphatic rings. The van der Waals surface area contributed by atoms with Crippen molar-refractivity contribution in [3.05, 3.63) is 108 Å². The summed E-state index contributed by atoms with van der Waals surface area (Å²) < 4.78 is 23.0. The number of carboxylic acid groups (broad SMARTS) is 2. The molecule has 2 aliphatic heterocycles. The first-order chi connectivity index (χ1) is 22.3. The van der Waals surface area contributed by atoms with Crippen LogP contribution in [-0.4, -0.2) is 70.9 Å². The van der Waals surface area contributed by atoms with Crippen LogP contribution in [-0.2, 0) is 22.7 Å². The van der Waals surface area contributed by atoms with Gasteiger partial charge in [-0.25, -0.2) is 9.59 Å². The van der Waals surface area contributed by atoms with Gasteiger partial charge in [-0.2, -0.15) is 0 Å². The molecule has 0 fully saturated rings. The van der Waals surface area contributed by atoms with Crippen molar-refractivity contribution in [1.82, 2.24) is 10.6 Å². The maximum Gasteiger partial charge on any atom is 0.414 e. The summed E-state index contributed by atoms with van der Waals surface area (Å²) in [6.07, 6.45) is 0.0315. The van der Waals surface area contributed by atoms with Crippen molar-refractivity contribution in [2.75, 3.05) is 26.3 Å². The molecule has 6 N–H and O–H groups in total. The van der Waals surface area contributed by atoms with Crippen molar-refractivity contribution in [2.24, 2.45) is 0 Å². The van der Waals surface area contributed by atoms with Crippen molar-refractivity contribution >= 4 is 11.9 Å². The highest BCUT2D eigenvalue weighted by molar-refractivity contribution is 6.27. The van der Waals surface area contributed by atoms with Gasteiger partial charge < -0.3 is 50.0 Å². The Hall–Kier alpha value is -5.46. The molecule has 2 unspecified atom stereocenters. The van der Waals surface area contributed by atoms with Crippen LogP contribution in [0.25, 0.3) is 0 Å². The highest BCUT2D eigenvalue weighted by atomic mass is 16.6. The lowest BCUT2D eigenvalue weighted by atomic mass is 10.2. The van der Waals surface area contributed by atoms with Gasteiger partial charge in [0.25, 0.3) is 0 Å². The predicted octanol–water partition coefficient (Wildman–Crippen LogP) is 3.80. The van der Waals surface area contributed by atoms with Crippen molar-refractivity contribution in [2.45, 2.75) is 25.3 Å². The highest BCUT2D eigenvalue weighted by Gasteiger charge is 2.21. The van der Waals surface area contributed by atoms with Crippen LogP contribution in [0.3, 0.4) is 0 Å². The van der Waals surface area contributed by atoms with Crippen LogP contribution in [0.2, 0.25) is 0 Å². The number of fused-ring (bicyclic) bond motifs is 2. The lowest BCUT2D eigenvalue weighted by molar-refractivity contribution is -0.159. The number of para-hydroxylation sites is 4. The van der Waals surface area contributed by atoms with Crippen LogP contribution in [0.5, 0.6) is 34.5 Å². The number of benzene rings is 4. The maximum absolute atomic E-state index is 9.22. The van der Waals surface area contributed by atoms with Crippen molar-refractivity contribution in [3.63, 3.8) is 0 Å². The van der Waals surface area contributed by atoms with E-state index in [-0.39, 0.29) is 23.7 Å². The third-order valence-electron chi connectivity index (χ3n) is 6.59. The number of hydrogen-bond donors (Lipinski definition) is 6. The molecule has 12 heteroatoms. The molecule has 0 amide bonds. The van der Waals surface area contributed by atoms with Crippen LogP contribution in [0, 0.1) is 0 Å². The van der Waals surface area contributed by atoms with Gasteiger partial charge in [-0.15, -0.1) is 0 Å². The zero-order valence-electron chi connectivity index (χ0n) is 24.9. The molecule has 12 nitrogen and oxygen atoms in total. The topological polar surface area (TPSA) is 176 Å². The van der Waals surface area contributed by atoms with Crippen LogP contribution in [0.15, 0.2) is 97.1 Å². The number of carboxylic acids is 2. The predicted molar refractivity (Wildman–Crippen MR) is 168 cm³/mol. The molecule has 6 rings (SSSR count). The smallest absolute Gasteiger partial charge is 0.414 e. The first-order valence-corrected chi connectivity index (χ1v) is 14.5. The molecule has 4 aromatic carbocycles. The fourth-order valence-corrected chi connectivity index (χ4v) is 4.31. The Morgan fingerprint density at radius 3 is 1.26 bits per heavy atom. The van der Waals surface area contributed by atoms with Gasteiger partial charge in [0.2, 0.25) is 0 Å². The van der Waals surface area contributed by atoms with E-state index in [9.17, 15) is 10.2 Å². The van der Waals surface area contributed by atoms with E-state index in [2.05, 4.69) is 10.6 Å². The number of hydrogen-bond acceptors (Lipinski definition) is 10. The van der Waals surface area contributed by atoms with Crippen LogP contribution in [0.1, 0.15) is 11.1 Å². The molecule has 0 saturated heterocycles. The summed E-state index contributed by atoms with van der Waals surface area (Å²) in [5.41, 5.74) is 2.25. The zero-order chi connectivity index (χ0) is 32.7. The van der Waals surface area contributed by atoms with E-state index in [0.29, 0.717) is 13.2 Å². The number of nitrogens with one attached hydrogen (secondary N) is 2. The summed E-state index contributed by atoms with van der Waals surface area (Å²) in [6.45, 7) is 4.02. The van der Waals surface area contributed by atoms with Gasteiger partial charge in [-0.1, -0.05) is 48.5 Å². The number of phenols is 2. The first kappa shape index (κ1) is 33.4. The average Bonchev–Trinajstić information content (AvgIpc) is 3.07. The summed E-state index contributed by atoms with van der Waals surface area (Å²) in [5.74, 6) is 0.142. The Bertz CT molecular complexity index is 1430. The summed E-state index contributed by atoms with van der Waals surface area (Å²) in [7, 11) is 0. The van der Waals surface area contributed by atoms with E-state index in [4.69, 9.17) is 38.7 Å². The number of phenolic OH excluding ortho intramolecular Hbond substituents is 2. The molecule has 0 bridgehead atoms. The van der Waals surface area contributed by atoms with E-state index < -0.39 is 11.9 Å². The monoisotopic (exact) mass is 632 g/mol. The molecule has 0 spiro atoms. The summed E-state index contributed by atoms with van der Waals surface area (Å²) in [5, 5.41) is 39.9. The zero-order valence-corrected chi connectivity index (χ0v) is 24.9. The Balaban J connectivity index is 0.000000178. The minimum atomic E-state index is -1.82. The number of aliphatic carboxylic acids is 2. The fraction of sp³-hybridized carbons (Fsp3) is 0.235. The maximum atomic E-state index is 9.22. The molecule has 242 valence electrons. The van der Waals surface area contributed by atoms with Gasteiger partial charge in [0, 0.05) is 26.2 Å². The Morgan fingerprint density at radius 2 is 0.913 bits per heavy atom.